The van der Waals surface area contributed by atoms with E-state index in [2.05, 4.69) is 19.9 Å². The minimum absolute atomic E-state index is 0.335. The molecule has 1 radical (unpaired) electrons. The molecule has 3 heteroatoms. The number of carbonyl (C=O) groups excluding carboxylic acids is 1. The van der Waals surface area contributed by atoms with Gasteiger partial charge in [-0.2, -0.15) is 0 Å². The molecule has 103 valence electrons. The fourth-order valence-electron chi connectivity index (χ4n) is 2.91. The van der Waals surface area contributed by atoms with Gasteiger partial charge in [0.1, 0.15) is 0 Å². The van der Waals surface area contributed by atoms with Gasteiger partial charge in [0.15, 0.2) is 0 Å². The lowest BCUT2D eigenvalue weighted by Gasteiger charge is -2.04. The van der Waals surface area contributed by atoms with E-state index in [0.29, 0.717) is 17.2 Å². The highest BCUT2D eigenvalue weighted by Crippen LogP contribution is 2.50. The summed E-state index contributed by atoms with van der Waals surface area (Å²) in [6, 6.07) is 7.75. The van der Waals surface area contributed by atoms with Gasteiger partial charge >= 0.3 is 5.97 Å². The van der Waals surface area contributed by atoms with Gasteiger partial charge < -0.3 is 4.74 Å². The van der Waals surface area contributed by atoms with Gasteiger partial charge in [-0.25, -0.2) is 4.79 Å². The molecular formula is C16H20ClO2. The van der Waals surface area contributed by atoms with Crippen LogP contribution in [0.5, 0.6) is 0 Å². The molecule has 2 rings (SSSR count). The maximum absolute atomic E-state index is 11.7. The maximum atomic E-state index is 11.7. The molecule has 0 aromatic heterocycles. The van der Waals surface area contributed by atoms with Crippen molar-refractivity contribution in [2.24, 2.45) is 17.8 Å². The van der Waals surface area contributed by atoms with Gasteiger partial charge in [-0.3, -0.25) is 0 Å². The van der Waals surface area contributed by atoms with Crippen LogP contribution in [-0.4, -0.2) is 12.6 Å². The van der Waals surface area contributed by atoms with Crippen molar-refractivity contribution in [2.75, 3.05) is 6.61 Å². The van der Waals surface area contributed by atoms with Gasteiger partial charge in [0.05, 0.1) is 12.2 Å². The molecule has 0 N–H and O–H groups in total. The first-order valence-electron chi connectivity index (χ1n) is 6.97. The summed E-state index contributed by atoms with van der Waals surface area (Å²) < 4.78 is 5.24. The Morgan fingerprint density at radius 1 is 1.47 bits per heavy atom. The first kappa shape index (κ1) is 14.4. The smallest absolute Gasteiger partial charge is 0.338 e. The zero-order chi connectivity index (χ0) is 13.8. The molecule has 0 heterocycles. The molecule has 1 aromatic carbocycles. The van der Waals surface area contributed by atoms with Gasteiger partial charge in [-0.1, -0.05) is 37.9 Å². The van der Waals surface area contributed by atoms with Gasteiger partial charge in [-0.15, -0.1) is 0 Å². The lowest BCUT2D eigenvalue weighted by atomic mass is 10.1. The third-order valence-corrected chi connectivity index (χ3v) is 4.36. The van der Waals surface area contributed by atoms with Crippen LogP contribution in [0.1, 0.15) is 43.5 Å². The third kappa shape index (κ3) is 3.73. The van der Waals surface area contributed by atoms with Crippen LogP contribution in [-0.2, 0) is 4.74 Å². The van der Waals surface area contributed by atoms with Gasteiger partial charge in [0.25, 0.3) is 0 Å². The van der Waals surface area contributed by atoms with Crippen LogP contribution in [0.15, 0.2) is 18.2 Å². The highest BCUT2D eigenvalue weighted by atomic mass is 35.5. The van der Waals surface area contributed by atoms with E-state index in [1.165, 1.54) is 6.42 Å². The minimum atomic E-state index is -0.335. The number of ether oxygens (including phenoxy) is 1. The van der Waals surface area contributed by atoms with Crippen molar-refractivity contribution >= 4 is 17.6 Å². The Bertz CT molecular complexity index is 444. The molecule has 0 spiro atoms. The number of rotatable bonds is 6. The molecule has 1 saturated carbocycles. The Morgan fingerprint density at radius 3 is 2.89 bits per heavy atom. The summed E-state index contributed by atoms with van der Waals surface area (Å²) in [7, 11) is 0. The second-order valence-electron chi connectivity index (χ2n) is 5.29. The summed E-state index contributed by atoms with van der Waals surface area (Å²) in [5, 5.41) is 0.531. The minimum Gasteiger partial charge on any atom is -0.462 e. The van der Waals surface area contributed by atoms with Crippen LogP contribution >= 0.6 is 11.6 Å². The summed E-state index contributed by atoms with van der Waals surface area (Å²) in [5.74, 6) is 2.23. The van der Waals surface area contributed by atoms with Crippen molar-refractivity contribution < 1.29 is 9.53 Å². The Morgan fingerprint density at radius 2 is 2.26 bits per heavy atom. The highest BCUT2D eigenvalue weighted by Gasteiger charge is 2.43. The van der Waals surface area contributed by atoms with Crippen molar-refractivity contribution in [3.63, 3.8) is 0 Å². The summed E-state index contributed by atoms with van der Waals surface area (Å²) >= 11 is 5.82. The predicted molar refractivity (Wildman–Crippen MR) is 76.2 cm³/mol. The van der Waals surface area contributed by atoms with Gasteiger partial charge in [0.2, 0.25) is 0 Å². The molecule has 1 fully saturated rings. The monoisotopic (exact) mass is 279 g/mol. The molecule has 0 saturated heterocycles. The van der Waals surface area contributed by atoms with Crippen LogP contribution in [0.3, 0.4) is 0 Å². The largest absolute Gasteiger partial charge is 0.462 e. The summed E-state index contributed by atoms with van der Waals surface area (Å²) in [6.45, 7) is 5.04. The van der Waals surface area contributed by atoms with Crippen LogP contribution < -0.4 is 0 Å². The van der Waals surface area contributed by atoms with Crippen molar-refractivity contribution in [1.82, 2.24) is 0 Å². The Kier molecular flexibility index (Phi) is 4.87. The number of hydrogen-bond donors (Lipinski definition) is 0. The highest BCUT2D eigenvalue weighted by molar-refractivity contribution is 6.30. The van der Waals surface area contributed by atoms with Crippen LogP contribution in [0.2, 0.25) is 5.02 Å². The zero-order valence-corrected chi connectivity index (χ0v) is 12.2. The predicted octanol–water partition coefficient (Wildman–Crippen LogP) is 4.37. The van der Waals surface area contributed by atoms with Crippen LogP contribution in [0, 0.1) is 23.8 Å². The lowest BCUT2D eigenvalue weighted by molar-refractivity contribution is 0.0495. The van der Waals surface area contributed by atoms with Gasteiger partial charge in [0, 0.05) is 5.02 Å². The molecule has 19 heavy (non-hydrogen) atoms. The van der Waals surface area contributed by atoms with Gasteiger partial charge in [-0.05, 0) is 48.8 Å². The van der Waals surface area contributed by atoms with E-state index >= 15 is 0 Å². The van der Waals surface area contributed by atoms with Crippen molar-refractivity contribution in [3.05, 3.63) is 34.9 Å². The van der Waals surface area contributed by atoms with E-state index in [0.717, 1.165) is 30.6 Å². The number of hydrogen-bond acceptors (Lipinski definition) is 2. The van der Waals surface area contributed by atoms with E-state index < -0.39 is 0 Å². The van der Waals surface area contributed by atoms with E-state index in [1.807, 2.05) is 0 Å². The molecule has 1 aromatic rings. The van der Waals surface area contributed by atoms with Crippen molar-refractivity contribution in [2.45, 2.75) is 33.1 Å². The molecular weight excluding hydrogens is 260 g/mol. The molecule has 1 aliphatic carbocycles. The fraction of sp³-hybridized carbons (Fsp3) is 0.562. The molecule has 3 atom stereocenters. The molecule has 1 aliphatic rings. The molecule has 3 unspecified atom stereocenters. The second-order valence-corrected chi connectivity index (χ2v) is 5.73. The van der Waals surface area contributed by atoms with Crippen LogP contribution in [0.4, 0.5) is 0 Å². The first-order valence-corrected chi connectivity index (χ1v) is 7.35. The summed E-state index contributed by atoms with van der Waals surface area (Å²) in [6.07, 6.45) is 3.37. The zero-order valence-electron chi connectivity index (χ0n) is 11.5. The topological polar surface area (TPSA) is 26.3 Å². The quantitative estimate of drug-likeness (QED) is 0.571. The molecule has 2 nitrogen and oxygen atoms in total. The number of benzene rings is 1. The standard InChI is InChI=1S/C16H20ClO2/c1-3-14-11(2)15(14)8-5-9-19-16(18)12-6-4-7-13(17)10-12/h4,7,10-11,14-15H,3,5,8-9H2,1-2H3. The Balaban J connectivity index is 1.67. The summed E-state index contributed by atoms with van der Waals surface area (Å²) in [4.78, 5) is 11.7. The molecule has 0 bridgehead atoms. The van der Waals surface area contributed by atoms with E-state index in [1.54, 1.807) is 18.2 Å². The lowest BCUT2D eigenvalue weighted by Crippen LogP contribution is -2.06. The van der Waals surface area contributed by atoms with E-state index in [9.17, 15) is 4.79 Å². The average molecular weight is 280 g/mol. The normalized spacial score (nSPS) is 25.1. The second kappa shape index (κ2) is 6.42. The van der Waals surface area contributed by atoms with E-state index in [-0.39, 0.29) is 5.97 Å². The Hall–Kier alpha value is -1.02. The third-order valence-electron chi connectivity index (χ3n) is 4.13. The first-order chi connectivity index (χ1) is 9.13. The van der Waals surface area contributed by atoms with Crippen molar-refractivity contribution in [1.29, 1.82) is 0 Å². The maximum Gasteiger partial charge on any atom is 0.338 e. The number of esters is 1. The number of carbonyl (C=O) groups is 1. The Labute approximate surface area is 120 Å². The summed E-state index contributed by atoms with van der Waals surface area (Å²) in [5.41, 5.74) is 0.402. The average Bonchev–Trinajstić information content (AvgIpc) is 3.03. The van der Waals surface area contributed by atoms with E-state index in [4.69, 9.17) is 16.3 Å². The fourth-order valence-corrected chi connectivity index (χ4v) is 3.08. The van der Waals surface area contributed by atoms with Crippen molar-refractivity contribution in [3.8, 4) is 0 Å². The number of halogens is 1. The molecule has 0 aliphatic heterocycles. The molecule has 0 amide bonds. The van der Waals surface area contributed by atoms with Crippen LogP contribution in [0.25, 0.3) is 0 Å². The SMILES string of the molecule is CCC1C(C)C1CCCOC(=O)c1[c]ccc(Cl)c1.